The van der Waals surface area contributed by atoms with E-state index >= 15 is 0 Å². The van der Waals surface area contributed by atoms with Crippen molar-refractivity contribution in [3.05, 3.63) is 58.6 Å². The quantitative estimate of drug-likeness (QED) is 0.792. The van der Waals surface area contributed by atoms with E-state index in [1.165, 1.54) is 12.1 Å². The Hall–Kier alpha value is -1.86. The molecule has 0 aliphatic heterocycles. The van der Waals surface area contributed by atoms with Gasteiger partial charge in [-0.1, -0.05) is 28.1 Å². The number of hydrogen-bond donors (Lipinski definition) is 1. The summed E-state index contributed by atoms with van der Waals surface area (Å²) < 4.78 is 29.2. The maximum absolute atomic E-state index is 12.0. The highest BCUT2D eigenvalue weighted by Gasteiger charge is 2.12. The van der Waals surface area contributed by atoms with Crippen molar-refractivity contribution in [3.8, 4) is 5.75 Å². The number of rotatable bonds is 6. The Kier molecular flexibility index (Phi) is 6.01. The second-order valence-electron chi connectivity index (χ2n) is 5.37. The molecule has 0 fully saturated rings. The van der Waals surface area contributed by atoms with Crippen molar-refractivity contribution < 1.29 is 17.9 Å². The Morgan fingerprint density at radius 2 is 1.71 bits per heavy atom. The zero-order chi connectivity index (χ0) is 17.7. The van der Waals surface area contributed by atoms with Crippen LogP contribution in [0.2, 0.25) is 0 Å². The molecule has 1 N–H and O–H groups in total. The minimum absolute atomic E-state index is 0.0899. The predicted molar refractivity (Wildman–Crippen MR) is 95.7 cm³/mol. The molecule has 1 amide bonds. The number of ether oxygens (including phenoxy) is 1. The van der Waals surface area contributed by atoms with Crippen molar-refractivity contribution in [2.45, 2.75) is 17.9 Å². The van der Waals surface area contributed by atoms with Gasteiger partial charge in [-0.2, -0.15) is 0 Å². The van der Waals surface area contributed by atoms with Crippen LogP contribution in [0.3, 0.4) is 0 Å². The van der Waals surface area contributed by atoms with Gasteiger partial charge in [0.15, 0.2) is 16.4 Å². The molecule has 0 spiro atoms. The molecule has 2 aromatic rings. The van der Waals surface area contributed by atoms with Gasteiger partial charge >= 0.3 is 0 Å². The van der Waals surface area contributed by atoms with Crippen LogP contribution >= 0.6 is 15.9 Å². The molecule has 0 aliphatic carbocycles. The van der Waals surface area contributed by atoms with Crippen molar-refractivity contribution in [2.75, 3.05) is 12.9 Å². The van der Waals surface area contributed by atoms with Crippen LogP contribution in [-0.4, -0.2) is 27.2 Å². The summed E-state index contributed by atoms with van der Waals surface area (Å²) in [5.41, 5.74) is 0.819. The van der Waals surface area contributed by atoms with Gasteiger partial charge in [-0.15, -0.1) is 0 Å². The fraction of sp³-hybridized carbons (Fsp3) is 0.235. The fourth-order valence-corrected chi connectivity index (χ4v) is 2.94. The second-order valence-corrected chi connectivity index (χ2v) is 8.30. The maximum atomic E-state index is 12.0. The molecule has 0 saturated heterocycles. The lowest BCUT2D eigenvalue weighted by Crippen LogP contribution is -2.31. The van der Waals surface area contributed by atoms with E-state index in [1.807, 2.05) is 19.1 Å². The maximum Gasteiger partial charge on any atom is 0.258 e. The summed E-state index contributed by atoms with van der Waals surface area (Å²) in [6.07, 6.45) is 1.16. The minimum atomic E-state index is -3.22. The average Bonchev–Trinajstić information content (AvgIpc) is 2.53. The third kappa shape index (κ3) is 5.35. The molecule has 7 heteroatoms. The first kappa shape index (κ1) is 18.5. The Bertz CT molecular complexity index is 801. The number of benzene rings is 2. The Labute approximate surface area is 150 Å². The summed E-state index contributed by atoms with van der Waals surface area (Å²) in [6, 6.07) is 13.4. The van der Waals surface area contributed by atoms with Crippen molar-refractivity contribution >= 4 is 31.7 Å². The van der Waals surface area contributed by atoms with E-state index in [0.717, 1.165) is 16.3 Å². The molecule has 2 aromatic carbocycles. The smallest absolute Gasteiger partial charge is 0.258 e. The first-order valence-electron chi connectivity index (χ1n) is 7.23. The molecule has 0 unspecified atom stereocenters. The fourth-order valence-electron chi connectivity index (χ4n) is 2.05. The lowest BCUT2D eigenvalue weighted by molar-refractivity contribution is -0.123. The van der Waals surface area contributed by atoms with Gasteiger partial charge in [-0.25, -0.2) is 8.42 Å². The molecule has 1 atom stereocenters. The monoisotopic (exact) mass is 411 g/mol. The molecule has 0 saturated carbocycles. The number of halogens is 1. The van der Waals surface area contributed by atoms with E-state index < -0.39 is 9.84 Å². The SMILES string of the molecule is C[C@H](NC(=O)COc1ccc(Br)cc1)c1ccc(S(C)(=O)=O)cc1. The van der Waals surface area contributed by atoms with Crippen LogP contribution in [0.15, 0.2) is 57.9 Å². The number of nitrogens with one attached hydrogen (secondary N) is 1. The Morgan fingerprint density at radius 1 is 1.12 bits per heavy atom. The van der Waals surface area contributed by atoms with Gasteiger partial charge in [0, 0.05) is 10.7 Å². The summed E-state index contributed by atoms with van der Waals surface area (Å²) in [7, 11) is -3.22. The van der Waals surface area contributed by atoms with Crippen LogP contribution < -0.4 is 10.1 Å². The normalized spacial score (nSPS) is 12.5. The first-order chi connectivity index (χ1) is 11.3. The molecular formula is C17H18BrNO4S. The molecule has 0 heterocycles. The molecule has 5 nitrogen and oxygen atoms in total. The van der Waals surface area contributed by atoms with Gasteiger partial charge in [0.2, 0.25) is 0 Å². The van der Waals surface area contributed by atoms with Crippen LogP contribution in [0.1, 0.15) is 18.5 Å². The van der Waals surface area contributed by atoms with Crippen molar-refractivity contribution in [1.29, 1.82) is 0 Å². The first-order valence-corrected chi connectivity index (χ1v) is 9.92. The number of carbonyl (C=O) groups excluding carboxylic acids is 1. The molecule has 0 aromatic heterocycles. The number of sulfone groups is 1. The summed E-state index contributed by atoms with van der Waals surface area (Å²) in [5, 5.41) is 2.81. The van der Waals surface area contributed by atoms with E-state index in [1.54, 1.807) is 24.3 Å². The number of hydrogen-bond acceptors (Lipinski definition) is 4. The van der Waals surface area contributed by atoms with Gasteiger partial charge in [-0.3, -0.25) is 4.79 Å². The Balaban J connectivity index is 1.90. The second kappa shape index (κ2) is 7.81. The molecule has 2 rings (SSSR count). The zero-order valence-electron chi connectivity index (χ0n) is 13.3. The van der Waals surface area contributed by atoms with Gasteiger partial charge in [0.1, 0.15) is 5.75 Å². The van der Waals surface area contributed by atoms with E-state index in [9.17, 15) is 13.2 Å². The molecule has 0 bridgehead atoms. The lowest BCUT2D eigenvalue weighted by atomic mass is 10.1. The highest BCUT2D eigenvalue weighted by atomic mass is 79.9. The average molecular weight is 412 g/mol. The topological polar surface area (TPSA) is 72.5 Å². The van der Waals surface area contributed by atoms with E-state index in [2.05, 4.69) is 21.2 Å². The molecule has 128 valence electrons. The van der Waals surface area contributed by atoms with Gasteiger partial charge in [0.05, 0.1) is 10.9 Å². The van der Waals surface area contributed by atoms with Crippen LogP contribution in [0.4, 0.5) is 0 Å². The standard InChI is InChI=1S/C17H18BrNO4S/c1-12(13-3-9-16(10-4-13)24(2,21)22)19-17(20)11-23-15-7-5-14(18)6-8-15/h3-10,12H,11H2,1-2H3,(H,19,20)/t12-/m0/s1. The van der Waals surface area contributed by atoms with Crippen LogP contribution in [-0.2, 0) is 14.6 Å². The predicted octanol–water partition coefficient (Wildman–Crippen LogP) is 3.11. The van der Waals surface area contributed by atoms with Gasteiger partial charge in [0.25, 0.3) is 5.91 Å². The lowest BCUT2D eigenvalue weighted by Gasteiger charge is -2.15. The molecular weight excluding hydrogens is 394 g/mol. The summed E-state index contributed by atoms with van der Waals surface area (Å²) in [4.78, 5) is 12.2. The summed E-state index contributed by atoms with van der Waals surface area (Å²) in [6.45, 7) is 1.74. The highest BCUT2D eigenvalue weighted by molar-refractivity contribution is 9.10. The van der Waals surface area contributed by atoms with Crippen LogP contribution in [0.5, 0.6) is 5.75 Å². The number of carbonyl (C=O) groups is 1. The molecule has 0 radical (unpaired) electrons. The van der Waals surface area contributed by atoms with Crippen LogP contribution in [0.25, 0.3) is 0 Å². The third-order valence-electron chi connectivity index (χ3n) is 3.37. The van der Waals surface area contributed by atoms with Gasteiger partial charge in [-0.05, 0) is 48.9 Å². The van der Waals surface area contributed by atoms with Crippen LogP contribution in [0, 0.1) is 0 Å². The highest BCUT2D eigenvalue weighted by Crippen LogP contribution is 2.17. The molecule has 0 aliphatic rings. The minimum Gasteiger partial charge on any atom is -0.484 e. The van der Waals surface area contributed by atoms with E-state index in [0.29, 0.717) is 5.75 Å². The third-order valence-corrected chi connectivity index (χ3v) is 5.03. The summed E-state index contributed by atoms with van der Waals surface area (Å²) >= 11 is 3.33. The largest absolute Gasteiger partial charge is 0.484 e. The van der Waals surface area contributed by atoms with E-state index in [-0.39, 0.29) is 23.5 Å². The van der Waals surface area contributed by atoms with Crippen molar-refractivity contribution in [3.63, 3.8) is 0 Å². The van der Waals surface area contributed by atoms with Crippen molar-refractivity contribution in [2.24, 2.45) is 0 Å². The number of amides is 1. The van der Waals surface area contributed by atoms with Gasteiger partial charge < -0.3 is 10.1 Å². The summed E-state index contributed by atoms with van der Waals surface area (Å²) in [5.74, 6) is 0.358. The molecule has 24 heavy (non-hydrogen) atoms. The zero-order valence-corrected chi connectivity index (χ0v) is 15.7. The van der Waals surface area contributed by atoms with Crippen molar-refractivity contribution in [1.82, 2.24) is 5.32 Å². The Morgan fingerprint density at radius 3 is 2.25 bits per heavy atom. The van der Waals surface area contributed by atoms with E-state index in [4.69, 9.17) is 4.74 Å².